The van der Waals surface area contributed by atoms with Crippen LogP contribution in [0.4, 0.5) is 0 Å². The highest BCUT2D eigenvalue weighted by molar-refractivity contribution is 4.92. The normalized spacial score (nSPS) is 42.6. The van der Waals surface area contributed by atoms with Gasteiger partial charge in [0.2, 0.25) is 0 Å². The van der Waals surface area contributed by atoms with E-state index in [9.17, 15) is 0 Å². The Morgan fingerprint density at radius 1 is 1.13 bits per heavy atom. The van der Waals surface area contributed by atoms with E-state index in [1.165, 1.54) is 44.9 Å². The SMILES string of the molecule is CCC[C@@H]1CC[C@H]2[C@H](C)CCC[C@H]2N1C. The summed E-state index contributed by atoms with van der Waals surface area (Å²) in [6.07, 6.45) is 10.1. The topological polar surface area (TPSA) is 3.24 Å². The maximum absolute atomic E-state index is 2.73. The maximum atomic E-state index is 2.73. The summed E-state index contributed by atoms with van der Waals surface area (Å²) in [7, 11) is 2.38. The summed E-state index contributed by atoms with van der Waals surface area (Å²) in [6.45, 7) is 4.80. The van der Waals surface area contributed by atoms with Gasteiger partial charge in [-0.05, 0) is 44.6 Å². The second-order valence-corrected chi connectivity index (χ2v) is 5.82. The molecule has 0 aromatic carbocycles. The fourth-order valence-electron chi connectivity index (χ4n) is 3.98. The zero-order valence-corrected chi connectivity index (χ0v) is 10.7. The van der Waals surface area contributed by atoms with E-state index < -0.39 is 0 Å². The molecule has 15 heavy (non-hydrogen) atoms. The zero-order chi connectivity index (χ0) is 10.8. The number of hydrogen-bond acceptors (Lipinski definition) is 1. The van der Waals surface area contributed by atoms with Gasteiger partial charge in [0.05, 0.1) is 0 Å². The van der Waals surface area contributed by atoms with E-state index in [1.54, 1.807) is 0 Å². The Labute approximate surface area is 95.2 Å². The van der Waals surface area contributed by atoms with Crippen molar-refractivity contribution in [2.75, 3.05) is 7.05 Å². The highest BCUT2D eigenvalue weighted by Crippen LogP contribution is 2.41. The third kappa shape index (κ3) is 2.22. The summed E-state index contributed by atoms with van der Waals surface area (Å²) in [6, 6.07) is 1.81. The van der Waals surface area contributed by atoms with Crippen molar-refractivity contribution in [2.45, 2.75) is 70.9 Å². The highest BCUT2D eigenvalue weighted by atomic mass is 15.2. The molecule has 1 saturated carbocycles. The van der Waals surface area contributed by atoms with Gasteiger partial charge < -0.3 is 4.90 Å². The number of nitrogens with zero attached hydrogens (tertiary/aromatic N) is 1. The van der Waals surface area contributed by atoms with E-state index in [1.807, 2.05) is 0 Å². The molecule has 0 amide bonds. The summed E-state index contributed by atoms with van der Waals surface area (Å²) in [5, 5.41) is 0. The predicted octanol–water partition coefficient (Wildman–Crippen LogP) is 3.69. The number of rotatable bonds is 2. The second kappa shape index (κ2) is 4.86. The van der Waals surface area contributed by atoms with Crippen molar-refractivity contribution in [1.29, 1.82) is 0 Å². The molecule has 1 aliphatic carbocycles. The van der Waals surface area contributed by atoms with Crippen LogP contribution < -0.4 is 0 Å². The molecule has 0 N–H and O–H groups in total. The lowest BCUT2D eigenvalue weighted by atomic mass is 9.70. The van der Waals surface area contributed by atoms with Crippen LogP contribution in [0, 0.1) is 11.8 Å². The molecule has 0 spiro atoms. The molecule has 88 valence electrons. The van der Waals surface area contributed by atoms with Gasteiger partial charge in [0.1, 0.15) is 0 Å². The quantitative estimate of drug-likeness (QED) is 0.670. The first-order valence-electron chi connectivity index (χ1n) is 6.96. The first kappa shape index (κ1) is 11.4. The Hall–Kier alpha value is -0.0400. The van der Waals surface area contributed by atoms with Gasteiger partial charge in [-0.3, -0.25) is 0 Å². The number of hydrogen-bond donors (Lipinski definition) is 0. The van der Waals surface area contributed by atoms with Crippen LogP contribution in [0.25, 0.3) is 0 Å². The molecular formula is C14H27N. The first-order valence-corrected chi connectivity index (χ1v) is 6.96. The third-order valence-corrected chi connectivity index (χ3v) is 4.94. The van der Waals surface area contributed by atoms with E-state index in [0.717, 1.165) is 23.9 Å². The van der Waals surface area contributed by atoms with E-state index in [4.69, 9.17) is 0 Å². The van der Waals surface area contributed by atoms with Crippen molar-refractivity contribution in [3.8, 4) is 0 Å². The average Bonchev–Trinajstić information content (AvgIpc) is 2.23. The molecule has 0 aromatic heterocycles. The summed E-state index contributed by atoms with van der Waals surface area (Å²) in [5.41, 5.74) is 0. The van der Waals surface area contributed by atoms with E-state index in [-0.39, 0.29) is 0 Å². The number of fused-ring (bicyclic) bond motifs is 1. The molecule has 0 unspecified atom stereocenters. The van der Waals surface area contributed by atoms with Crippen molar-refractivity contribution < 1.29 is 0 Å². The Bertz CT molecular complexity index is 202. The Morgan fingerprint density at radius 2 is 1.93 bits per heavy atom. The highest BCUT2D eigenvalue weighted by Gasteiger charge is 2.38. The number of likely N-dealkylation sites (tertiary alicyclic amines) is 1. The van der Waals surface area contributed by atoms with Gasteiger partial charge in [0.25, 0.3) is 0 Å². The fourth-order valence-corrected chi connectivity index (χ4v) is 3.98. The van der Waals surface area contributed by atoms with Gasteiger partial charge in [0, 0.05) is 12.1 Å². The van der Waals surface area contributed by atoms with Gasteiger partial charge >= 0.3 is 0 Å². The number of piperidine rings is 1. The zero-order valence-electron chi connectivity index (χ0n) is 10.7. The van der Waals surface area contributed by atoms with Crippen LogP contribution in [0.1, 0.15) is 58.8 Å². The van der Waals surface area contributed by atoms with Gasteiger partial charge in [0.15, 0.2) is 0 Å². The van der Waals surface area contributed by atoms with Crippen LogP contribution in [-0.2, 0) is 0 Å². The summed E-state index contributed by atoms with van der Waals surface area (Å²) in [4.78, 5) is 2.73. The molecule has 2 aliphatic rings. The van der Waals surface area contributed by atoms with E-state index in [2.05, 4.69) is 25.8 Å². The minimum atomic E-state index is 0.890. The van der Waals surface area contributed by atoms with Crippen LogP contribution in [0.5, 0.6) is 0 Å². The largest absolute Gasteiger partial charge is 0.300 e. The monoisotopic (exact) mass is 209 g/mol. The molecule has 2 fully saturated rings. The molecular weight excluding hydrogens is 182 g/mol. The van der Waals surface area contributed by atoms with Crippen LogP contribution in [0.2, 0.25) is 0 Å². The first-order chi connectivity index (χ1) is 7.24. The Balaban J connectivity index is 2.01. The predicted molar refractivity (Wildman–Crippen MR) is 66.0 cm³/mol. The molecule has 2 rings (SSSR count). The van der Waals surface area contributed by atoms with Crippen molar-refractivity contribution in [1.82, 2.24) is 4.90 Å². The van der Waals surface area contributed by atoms with Crippen molar-refractivity contribution in [3.05, 3.63) is 0 Å². The minimum Gasteiger partial charge on any atom is -0.300 e. The van der Waals surface area contributed by atoms with Gasteiger partial charge in [-0.25, -0.2) is 0 Å². The Morgan fingerprint density at radius 3 is 2.67 bits per heavy atom. The van der Waals surface area contributed by atoms with Gasteiger partial charge in [-0.1, -0.05) is 33.1 Å². The third-order valence-electron chi connectivity index (χ3n) is 4.94. The van der Waals surface area contributed by atoms with Crippen molar-refractivity contribution in [2.24, 2.45) is 11.8 Å². The summed E-state index contributed by atoms with van der Waals surface area (Å²) < 4.78 is 0. The van der Waals surface area contributed by atoms with Crippen LogP contribution in [-0.4, -0.2) is 24.0 Å². The fraction of sp³-hybridized carbons (Fsp3) is 1.00. The molecule has 1 heteroatoms. The van der Waals surface area contributed by atoms with Crippen molar-refractivity contribution in [3.63, 3.8) is 0 Å². The van der Waals surface area contributed by atoms with Crippen LogP contribution in [0.3, 0.4) is 0 Å². The lowest BCUT2D eigenvalue weighted by Gasteiger charge is -2.49. The lowest BCUT2D eigenvalue weighted by molar-refractivity contribution is 0.00790. The Kier molecular flexibility index (Phi) is 3.71. The molecule has 0 radical (unpaired) electrons. The molecule has 0 bridgehead atoms. The summed E-state index contributed by atoms with van der Waals surface area (Å²) in [5.74, 6) is 1.99. The minimum absolute atomic E-state index is 0.890. The molecule has 1 nitrogen and oxygen atoms in total. The smallest absolute Gasteiger partial charge is 0.0126 e. The summed E-state index contributed by atoms with van der Waals surface area (Å²) >= 11 is 0. The average molecular weight is 209 g/mol. The molecule has 1 heterocycles. The standard InChI is InChI=1S/C14H27N/c1-4-6-12-9-10-13-11(2)7-5-8-14(13)15(12)3/h11-14H,4-10H2,1-3H3/t11-,12-,13+,14-/m1/s1. The molecule has 4 atom stereocenters. The lowest BCUT2D eigenvalue weighted by Crippen LogP contribution is -2.51. The van der Waals surface area contributed by atoms with Gasteiger partial charge in [-0.2, -0.15) is 0 Å². The maximum Gasteiger partial charge on any atom is 0.0126 e. The van der Waals surface area contributed by atoms with Crippen LogP contribution >= 0.6 is 0 Å². The van der Waals surface area contributed by atoms with E-state index in [0.29, 0.717) is 0 Å². The molecule has 1 saturated heterocycles. The molecule has 1 aliphatic heterocycles. The molecule has 0 aromatic rings. The van der Waals surface area contributed by atoms with E-state index >= 15 is 0 Å². The van der Waals surface area contributed by atoms with Gasteiger partial charge in [-0.15, -0.1) is 0 Å². The van der Waals surface area contributed by atoms with Crippen LogP contribution in [0.15, 0.2) is 0 Å². The van der Waals surface area contributed by atoms with Crippen molar-refractivity contribution >= 4 is 0 Å². The second-order valence-electron chi connectivity index (χ2n) is 5.82.